The monoisotopic (exact) mass is 441 g/mol. The summed E-state index contributed by atoms with van der Waals surface area (Å²) < 4.78 is 12.4. The van der Waals surface area contributed by atoms with Crippen molar-refractivity contribution < 1.29 is 14.3 Å². The first kappa shape index (κ1) is 21.4. The summed E-state index contributed by atoms with van der Waals surface area (Å²) in [5.74, 6) is 1.66. The van der Waals surface area contributed by atoms with Crippen LogP contribution < -0.4 is 15.0 Å². The average Bonchev–Trinajstić information content (AvgIpc) is 3.16. The Morgan fingerprint density at radius 1 is 1.29 bits per heavy atom. The maximum atomic E-state index is 13.3. The molecule has 1 aliphatic carbocycles. The van der Waals surface area contributed by atoms with Crippen LogP contribution in [-0.4, -0.2) is 48.7 Å². The lowest BCUT2D eigenvalue weighted by Gasteiger charge is -2.24. The summed E-state index contributed by atoms with van der Waals surface area (Å²) in [5.41, 5.74) is 2.04. The lowest BCUT2D eigenvalue weighted by Crippen LogP contribution is -2.33. The molecule has 1 aliphatic rings. The summed E-state index contributed by atoms with van der Waals surface area (Å²) in [6.45, 7) is 0.498. The van der Waals surface area contributed by atoms with Crippen molar-refractivity contribution in [2.24, 2.45) is 5.92 Å². The molecule has 4 rings (SSSR count). The van der Waals surface area contributed by atoms with E-state index in [0.29, 0.717) is 19.4 Å². The van der Waals surface area contributed by atoms with Gasteiger partial charge in [0.15, 0.2) is 0 Å². The van der Waals surface area contributed by atoms with Crippen molar-refractivity contribution in [3.8, 4) is 11.5 Å². The van der Waals surface area contributed by atoms with Crippen LogP contribution in [0.15, 0.2) is 29.3 Å². The molecule has 1 amide bonds. The quantitative estimate of drug-likeness (QED) is 0.588. The maximum absolute atomic E-state index is 13.3. The standard InChI is InChI=1S/C23H27N3O4S/c1-25(2)22(27)15-5-7-17-19(12-15)31-21-20(17)23(28)26(13-24-21)10-9-14-11-16(29-3)6-8-18(14)30-4/h6,8,11,13,15H,5,7,9-10,12H2,1-4H3/t15-/m0/s1. The van der Waals surface area contributed by atoms with Crippen LogP contribution in [0.25, 0.3) is 10.2 Å². The average molecular weight is 442 g/mol. The molecule has 7 nitrogen and oxygen atoms in total. The highest BCUT2D eigenvalue weighted by Gasteiger charge is 2.29. The van der Waals surface area contributed by atoms with Gasteiger partial charge in [-0.25, -0.2) is 4.98 Å². The van der Waals surface area contributed by atoms with E-state index < -0.39 is 0 Å². The van der Waals surface area contributed by atoms with Crippen LogP contribution in [0.3, 0.4) is 0 Å². The zero-order valence-corrected chi connectivity index (χ0v) is 19.1. The molecule has 8 heteroatoms. The predicted octanol–water partition coefficient (Wildman–Crippen LogP) is 2.91. The SMILES string of the molecule is COc1ccc(OC)c(CCn2cnc3sc4c(c3c2=O)CC[C@H](C(=O)N(C)C)C4)c1. The summed E-state index contributed by atoms with van der Waals surface area (Å²) in [6, 6.07) is 5.66. The Bertz CT molecular complexity index is 1180. The molecule has 3 aromatic rings. The third kappa shape index (κ3) is 4.04. The lowest BCUT2D eigenvalue weighted by molar-refractivity contribution is -0.133. The summed E-state index contributed by atoms with van der Waals surface area (Å²) >= 11 is 1.55. The number of amides is 1. The number of hydrogen-bond donors (Lipinski definition) is 0. The minimum atomic E-state index is -0.0155. The molecule has 164 valence electrons. The van der Waals surface area contributed by atoms with Gasteiger partial charge in [0.2, 0.25) is 5.91 Å². The summed E-state index contributed by atoms with van der Waals surface area (Å²) in [6.07, 6.45) is 4.45. The van der Waals surface area contributed by atoms with Gasteiger partial charge in [-0.3, -0.25) is 14.2 Å². The van der Waals surface area contributed by atoms with E-state index >= 15 is 0 Å². The van der Waals surface area contributed by atoms with Crippen LogP contribution in [0.4, 0.5) is 0 Å². The molecule has 2 aromatic heterocycles. The topological polar surface area (TPSA) is 73.7 Å². The third-order valence-corrected chi connectivity index (χ3v) is 7.10. The first-order valence-electron chi connectivity index (χ1n) is 10.3. The minimum Gasteiger partial charge on any atom is -0.497 e. The molecule has 0 N–H and O–H groups in total. The second-order valence-corrected chi connectivity index (χ2v) is 9.11. The van der Waals surface area contributed by atoms with E-state index in [0.717, 1.165) is 50.6 Å². The highest BCUT2D eigenvalue weighted by molar-refractivity contribution is 7.18. The summed E-state index contributed by atoms with van der Waals surface area (Å²) in [7, 11) is 6.85. The van der Waals surface area contributed by atoms with Crippen molar-refractivity contribution in [1.82, 2.24) is 14.5 Å². The van der Waals surface area contributed by atoms with Gasteiger partial charge in [-0.15, -0.1) is 11.3 Å². The first-order valence-corrected chi connectivity index (χ1v) is 11.2. The molecule has 1 aromatic carbocycles. The zero-order valence-electron chi connectivity index (χ0n) is 18.3. The van der Waals surface area contributed by atoms with Crippen molar-refractivity contribution in [2.75, 3.05) is 28.3 Å². The van der Waals surface area contributed by atoms with E-state index in [1.807, 2.05) is 18.2 Å². The predicted molar refractivity (Wildman–Crippen MR) is 121 cm³/mol. The fraction of sp³-hybridized carbons (Fsp3) is 0.435. The number of fused-ring (bicyclic) bond motifs is 3. The Hall–Kier alpha value is -2.87. The number of nitrogens with zero attached hydrogens (tertiary/aromatic N) is 3. The van der Waals surface area contributed by atoms with Crippen molar-refractivity contribution in [3.63, 3.8) is 0 Å². The van der Waals surface area contributed by atoms with Gasteiger partial charge in [0.25, 0.3) is 5.56 Å². The number of rotatable bonds is 6. The molecule has 0 spiro atoms. The highest BCUT2D eigenvalue weighted by atomic mass is 32.1. The minimum absolute atomic E-state index is 0.0123. The van der Waals surface area contributed by atoms with E-state index in [4.69, 9.17) is 9.47 Å². The smallest absolute Gasteiger partial charge is 0.262 e. The van der Waals surface area contributed by atoms with E-state index in [1.165, 1.54) is 0 Å². The van der Waals surface area contributed by atoms with Crippen LogP contribution in [0.5, 0.6) is 11.5 Å². The summed E-state index contributed by atoms with van der Waals surface area (Å²) in [4.78, 5) is 33.8. The second-order valence-electron chi connectivity index (χ2n) is 8.03. The number of aromatic nitrogens is 2. The molecule has 0 unspecified atom stereocenters. The number of benzene rings is 1. The van der Waals surface area contributed by atoms with Gasteiger partial charge in [-0.2, -0.15) is 0 Å². The molecule has 0 radical (unpaired) electrons. The number of methoxy groups -OCH3 is 2. The number of ether oxygens (including phenoxy) is 2. The molecule has 2 heterocycles. The van der Waals surface area contributed by atoms with E-state index in [1.54, 1.807) is 55.4 Å². The van der Waals surface area contributed by atoms with Crippen LogP contribution in [0.2, 0.25) is 0 Å². The normalized spacial score (nSPS) is 15.5. The molecule has 0 saturated heterocycles. The molecule has 0 aliphatic heterocycles. The molecule has 0 saturated carbocycles. The Balaban J connectivity index is 1.61. The number of carbonyl (C=O) groups is 1. The van der Waals surface area contributed by atoms with E-state index in [9.17, 15) is 9.59 Å². The van der Waals surface area contributed by atoms with Crippen molar-refractivity contribution in [3.05, 3.63) is 50.9 Å². The zero-order chi connectivity index (χ0) is 22.1. The highest BCUT2D eigenvalue weighted by Crippen LogP contribution is 2.36. The van der Waals surface area contributed by atoms with E-state index in [-0.39, 0.29) is 17.4 Å². The third-order valence-electron chi connectivity index (χ3n) is 5.94. The van der Waals surface area contributed by atoms with Gasteiger partial charge < -0.3 is 14.4 Å². The maximum Gasteiger partial charge on any atom is 0.262 e. The van der Waals surface area contributed by atoms with E-state index in [2.05, 4.69) is 4.98 Å². The lowest BCUT2D eigenvalue weighted by atomic mass is 9.87. The Labute approximate surface area is 185 Å². The van der Waals surface area contributed by atoms with Crippen LogP contribution in [0.1, 0.15) is 22.4 Å². The fourth-order valence-electron chi connectivity index (χ4n) is 4.25. The van der Waals surface area contributed by atoms with Gasteiger partial charge in [0.1, 0.15) is 16.3 Å². The second kappa shape index (κ2) is 8.70. The molecule has 1 atom stereocenters. The van der Waals surface area contributed by atoms with Crippen molar-refractivity contribution in [2.45, 2.75) is 32.2 Å². The first-order chi connectivity index (χ1) is 14.9. The molecule has 31 heavy (non-hydrogen) atoms. The van der Waals surface area contributed by atoms with Gasteiger partial charge in [0, 0.05) is 31.4 Å². The van der Waals surface area contributed by atoms with Gasteiger partial charge in [-0.1, -0.05) is 0 Å². The van der Waals surface area contributed by atoms with Crippen LogP contribution in [0, 0.1) is 5.92 Å². The fourth-order valence-corrected chi connectivity index (χ4v) is 5.51. The number of aryl methyl sites for hydroxylation is 3. The number of hydrogen-bond acceptors (Lipinski definition) is 6. The Morgan fingerprint density at radius 3 is 2.81 bits per heavy atom. The molecule has 0 bridgehead atoms. The van der Waals surface area contributed by atoms with Gasteiger partial charge >= 0.3 is 0 Å². The van der Waals surface area contributed by atoms with Crippen LogP contribution in [-0.2, 0) is 30.6 Å². The van der Waals surface area contributed by atoms with Gasteiger partial charge in [-0.05, 0) is 55.0 Å². The summed E-state index contributed by atoms with van der Waals surface area (Å²) in [5, 5.41) is 0.718. The molecular formula is C23H27N3O4S. The molecular weight excluding hydrogens is 414 g/mol. The largest absolute Gasteiger partial charge is 0.497 e. The Kier molecular flexibility index (Phi) is 6.00. The van der Waals surface area contributed by atoms with Gasteiger partial charge in [0.05, 0.1) is 25.9 Å². The number of carbonyl (C=O) groups excluding carboxylic acids is 1. The molecule has 0 fully saturated rings. The number of thiophene rings is 1. The Morgan fingerprint density at radius 2 is 2.10 bits per heavy atom. The van der Waals surface area contributed by atoms with Crippen molar-refractivity contribution >= 4 is 27.5 Å². The van der Waals surface area contributed by atoms with Crippen molar-refractivity contribution in [1.29, 1.82) is 0 Å². The van der Waals surface area contributed by atoms with Crippen LogP contribution >= 0.6 is 11.3 Å².